The van der Waals surface area contributed by atoms with Gasteiger partial charge >= 0.3 is 0 Å². The van der Waals surface area contributed by atoms with Crippen LogP contribution in [0.3, 0.4) is 0 Å². The van der Waals surface area contributed by atoms with Gasteiger partial charge in [0.2, 0.25) is 0 Å². The summed E-state index contributed by atoms with van der Waals surface area (Å²) < 4.78 is 10.8. The van der Waals surface area contributed by atoms with Gasteiger partial charge in [0.15, 0.2) is 11.5 Å². The molecule has 98 valence electrons. The number of hydrogen-bond donors (Lipinski definition) is 1. The standard InChI is InChI=1S/C13H19N3O2/c1-16-11(7-9(8-14)15-16)10-5-4-6-12(17-2)13(10)18-3/h4-6,11H,7-8,14H2,1-3H3. The van der Waals surface area contributed by atoms with Crippen molar-refractivity contribution in [1.82, 2.24) is 5.01 Å². The lowest BCUT2D eigenvalue weighted by molar-refractivity contribution is 0.276. The van der Waals surface area contributed by atoms with Crippen LogP contribution in [-0.2, 0) is 0 Å². The molecule has 0 fully saturated rings. The molecule has 0 aliphatic carbocycles. The van der Waals surface area contributed by atoms with Crippen LogP contribution in [0.2, 0.25) is 0 Å². The van der Waals surface area contributed by atoms with Gasteiger partial charge < -0.3 is 15.2 Å². The quantitative estimate of drug-likeness (QED) is 0.876. The SMILES string of the molecule is COc1cccc(C2CC(CN)=NN2C)c1OC. The lowest BCUT2D eigenvalue weighted by atomic mass is 10.0. The van der Waals surface area contributed by atoms with Crippen LogP contribution < -0.4 is 15.2 Å². The van der Waals surface area contributed by atoms with Crippen LogP contribution in [-0.4, -0.2) is 38.5 Å². The van der Waals surface area contributed by atoms with Crippen LogP contribution >= 0.6 is 0 Å². The molecule has 1 atom stereocenters. The lowest BCUT2D eigenvalue weighted by Crippen LogP contribution is -2.16. The Morgan fingerprint density at radius 1 is 1.39 bits per heavy atom. The number of nitrogens with two attached hydrogens (primary N) is 1. The van der Waals surface area contributed by atoms with Gasteiger partial charge in [0.1, 0.15) is 0 Å². The monoisotopic (exact) mass is 249 g/mol. The van der Waals surface area contributed by atoms with E-state index in [0.717, 1.165) is 29.2 Å². The van der Waals surface area contributed by atoms with E-state index in [0.29, 0.717) is 6.54 Å². The molecule has 0 saturated heterocycles. The first-order valence-electron chi connectivity index (χ1n) is 5.91. The predicted molar refractivity (Wildman–Crippen MR) is 71.2 cm³/mol. The number of para-hydroxylation sites is 1. The number of hydrogen-bond acceptors (Lipinski definition) is 5. The van der Waals surface area contributed by atoms with E-state index in [1.807, 2.05) is 30.3 Å². The highest BCUT2D eigenvalue weighted by Crippen LogP contribution is 2.39. The molecular weight excluding hydrogens is 230 g/mol. The Balaban J connectivity index is 2.35. The van der Waals surface area contributed by atoms with E-state index in [2.05, 4.69) is 5.10 Å². The zero-order chi connectivity index (χ0) is 13.1. The van der Waals surface area contributed by atoms with Gasteiger partial charge in [-0.05, 0) is 6.07 Å². The third kappa shape index (κ3) is 2.13. The number of ether oxygens (including phenoxy) is 2. The van der Waals surface area contributed by atoms with E-state index < -0.39 is 0 Å². The third-order valence-corrected chi connectivity index (χ3v) is 3.21. The summed E-state index contributed by atoms with van der Waals surface area (Å²) in [7, 11) is 5.25. The molecular formula is C13H19N3O2. The molecule has 1 heterocycles. The minimum absolute atomic E-state index is 0.161. The number of nitrogens with zero attached hydrogens (tertiary/aromatic N) is 2. The summed E-state index contributed by atoms with van der Waals surface area (Å²) in [6.45, 7) is 0.493. The summed E-state index contributed by atoms with van der Waals surface area (Å²) in [6, 6.07) is 6.05. The van der Waals surface area contributed by atoms with Crippen molar-refractivity contribution >= 4 is 5.71 Å². The first-order valence-corrected chi connectivity index (χ1v) is 5.91. The average Bonchev–Trinajstić information content (AvgIpc) is 2.78. The van der Waals surface area contributed by atoms with Gasteiger partial charge in [-0.1, -0.05) is 12.1 Å². The van der Waals surface area contributed by atoms with Crippen molar-refractivity contribution in [3.8, 4) is 11.5 Å². The molecule has 5 nitrogen and oxygen atoms in total. The van der Waals surface area contributed by atoms with E-state index in [4.69, 9.17) is 15.2 Å². The van der Waals surface area contributed by atoms with Crippen molar-refractivity contribution in [2.45, 2.75) is 12.5 Å². The molecule has 1 unspecified atom stereocenters. The lowest BCUT2D eigenvalue weighted by Gasteiger charge is -2.22. The summed E-state index contributed by atoms with van der Waals surface area (Å²) in [5, 5.41) is 6.35. The fraction of sp³-hybridized carbons (Fsp3) is 0.462. The Bertz CT molecular complexity index is 460. The van der Waals surface area contributed by atoms with Crippen molar-refractivity contribution in [2.24, 2.45) is 10.8 Å². The maximum absolute atomic E-state index is 5.65. The van der Waals surface area contributed by atoms with Crippen LogP contribution in [0.4, 0.5) is 0 Å². The first kappa shape index (κ1) is 12.7. The van der Waals surface area contributed by atoms with Gasteiger partial charge in [0.25, 0.3) is 0 Å². The molecule has 1 aromatic rings. The Hall–Kier alpha value is -1.75. The van der Waals surface area contributed by atoms with E-state index in [9.17, 15) is 0 Å². The molecule has 18 heavy (non-hydrogen) atoms. The van der Waals surface area contributed by atoms with Crippen molar-refractivity contribution in [1.29, 1.82) is 0 Å². The molecule has 0 bridgehead atoms. The van der Waals surface area contributed by atoms with Crippen molar-refractivity contribution < 1.29 is 9.47 Å². The Kier molecular flexibility index (Phi) is 3.72. The maximum atomic E-state index is 5.65. The van der Waals surface area contributed by atoms with Gasteiger partial charge in [-0.15, -0.1) is 0 Å². The molecule has 2 rings (SSSR count). The smallest absolute Gasteiger partial charge is 0.166 e. The van der Waals surface area contributed by atoms with Gasteiger partial charge in [-0.25, -0.2) is 0 Å². The third-order valence-electron chi connectivity index (χ3n) is 3.21. The second-order valence-electron chi connectivity index (χ2n) is 4.25. The fourth-order valence-corrected chi connectivity index (χ4v) is 2.30. The molecule has 0 radical (unpaired) electrons. The molecule has 0 saturated carbocycles. The highest BCUT2D eigenvalue weighted by Gasteiger charge is 2.28. The number of rotatable bonds is 4. The summed E-state index contributed by atoms with van der Waals surface area (Å²) in [4.78, 5) is 0. The topological polar surface area (TPSA) is 60.1 Å². The Labute approximate surface area is 107 Å². The van der Waals surface area contributed by atoms with Gasteiger partial charge in [-0.2, -0.15) is 5.10 Å². The molecule has 1 aromatic carbocycles. The molecule has 0 amide bonds. The number of methoxy groups -OCH3 is 2. The summed E-state index contributed by atoms with van der Waals surface area (Å²) in [5.74, 6) is 1.51. The molecule has 2 N–H and O–H groups in total. The van der Waals surface area contributed by atoms with E-state index in [1.54, 1.807) is 14.2 Å². The minimum atomic E-state index is 0.161. The van der Waals surface area contributed by atoms with Crippen LogP contribution in [0.25, 0.3) is 0 Å². The Morgan fingerprint density at radius 3 is 2.72 bits per heavy atom. The molecule has 1 aliphatic rings. The zero-order valence-corrected chi connectivity index (χ0v) is 11.0. The van der Waals surface area contributed by atoms with Crippen LogP contribution in [0, 0.1) is 0 Å². The highest BCUT2D eigenvalue weighted by molar-refractivity contribution is 5.88. The maximum Gasteiger partial charge on any atom is 0.166 e. The van der Waals surface area contributed by atoms with E-state index in [-0.39, 0.29) is 6.04 Å². The second-order valence-corrected chi connectivity index (χ2v) is 4.25. The molecule has 0 spiro atoms. The van der Waals surface area contributed by atoms with Gasteiger partial charge in [0.05, 0.1) is 26.0 Å². The molecule has 0 aromatic heterocycles. The van der Waals surface area contributed by atoms with Crippen molar-refractivity contribution in [3.63, 3.8) is 0 Å². The van der Waals surface area contributed by atoms with Crippen molar-refractivity contribution in [2.75, 3.05) is 27.8 Å². The zero-order valence-electron chi connectivity index (χ0n) is 11.0. The number of hydrazone groups is 1. The van der Waals surface area contributed by atoms with E-state index in [1.165, 1.54) is 0 Å². The average molecular weight is 249 g/mol. The van der Waals surface area contributed by atoms with Crippen molar-refractivity contribution in [3.05, 3.63) is 23.8 Å². The van der Waals surface area contributed by atoms with Crippen LogP contribution in [0.15, 0.2) is 23.3 Å². The second kappa shape index (κ2) is 5.27. The Morgan fingerprint density at radius 2 is 2.17 bits per heavy atom. The largest absolute Gasteiger partial charge is 0.493 e. The highest BCUT2D eigenvalue weighted by atomic mass is 16.5. The molecule has 5 heteroatoms. The summed E-state index contributed by atoms with van der Waals surface area (Å²) in [5.41, 5.74) is 7.73. The predicted octanol–water partition coefficient (Wildman–Crippen LogP) is 1.40. The van der Waals surface area contributed by atoms with Crippen LogP contribution in [0.1, 0.15) is 18.0 Å². The number of benzene rings is 1. The van der Waals surface area contributed by atoms with Crippen LogP contribution in [0.5, 0.6) is 11.5 Å². The summed E-state index contributed by atoms with van der Waals surface area (Å²) >= 11 is 0. The van der Waals surface area contributed by atoms with Gasteiger partial charge in [-0.3, -0.25) is 5.01 Å². The summed E-state index contributed by atoms with van der Waals surface area (Å²) in [6.07, 6.45) is 0.830. The first-order chi connectivity index (χ1) is 8.71. The molecule has 1 aliphatic heterocycles. The van der Waals surface area contributed by atoms with Gasteiger partial charge in [0, 0.05) is 25.6 Å². The minimum Gasteiger partial charge on any atom is -0.493 e. The normalized spacial score (nSPS) is 18.8. The fourth-order valence-electron chi connectivity index (χ4n) is 2.30. The van der Waals surface area contributed by atoms with E-state index >= 15 is 0 Å².